The number of carbonyl (C=O) groups excluding carboxylic acids is 2. The maximum atomic E-state index is 12.8. The van der Waals surface area contributed by atoms with Crippen molar-refractivity contribution >= 4 is 40.7 Å². The van der Waals surface area contributed by atoms with E-state index >= 15 is 0 Å². The third-order valence-electron chi connectivity index (χ3n) is 4.85. The van der Waals surface area contributed by atoms with Gasteiger partial charge in [0.25, 0.3) is 23.2 Å². The third kappa shape index (κ3) is 9.16. The van der Waals surface area contributed by atoms with Crippen LogP contribution in [0, 0.1) is 20.2 Å². The Morgan fingerprint density at radius 2 is 1.69 bits per heavy atom. The van der Waals surface area contributed by atoms with Crippen LogP contribution in [0.4, 0.5) is 11.4 Å². The predicted octanol–water partition coefficient (Wildman–Crippen LogP) is 4.22. The van der Waals surface area contributed by atoms with Gasteiger partial charge in [0.2, 0.25) is 0 Å². The zero-order valence-electron chi connectivity index (χ0n) is 19.4. The number of benzene rings is 2. The molecule has 186 valence electrons. The number of rotatable bonds is 13. The van der Waals surface area contributed by atoms with Gasteiger partial charge in [-0.05, 0) is 25.3 Å². The molecule has 0 aliphatic carbocycles. The highest BCUT2D eigenvalue weighted by atomic mass is 32.2. The Morgan fingerprint density at radius 3 is 2.26 bits per heavy atom. The van der Waals surface area contributed by atoms with Crippen molar-refractivity contribution in [3.8, 4) is 0 Å². The maximum absolute atomic E-state index is 12.8. The molecule has 0 aliphatic rings. The first-order valence-electron chi connectivity index (χ1n) is 10.9. The topological polar surface area (TPSA) is 157 Å². The van der Waals surface area contributed by atoms with Crippen molar-refractivity contribution in [1.29, 1.82) is 0 Å². The number of carbonyl (C=O) groups is 2. The molecule has 2 amide bonds. The number of hydrazone groups is 1. The molecular weight excluding hydrogens is 474 g/mol. The number of thioether (sulfide) groups is 1. The van der Waals surface area contributed by atoms with Crippen molar-refractivity contribution in [1.82, 2.24) is 10.7 Å². The molecule has 12 heteroatoms. The molecule has 0 bridgehead atoms. The van der Waals surface area contributed by atoms with Gasteiger partial charge in [-0.2, -0.15) is 16.9 Å². The van der Waals surface area contributed by atoms with E-state index in [1.807, 2.05) is 37.3 Å². The van der Waals surface area contributed by atoms with Gasteiger partial charge >= 0.3 is 0 Å². The first-order valence-corrected chi connectivity index (χ1v) is 12.1. The van der Waals surface area contributed by atoms with Gasteiger partial charge in [-0.1, -0.05) is 43.7 Å². The fourth-order valence-electron chi connectivity index (χ4n) is 2.95. The van der Waals surface area contributed by atoms with Crippen LogP contribution >= 0.6 is 11.8 Å². The van der Waals surface area contributed by atoms with E-state index in [0.29, 0.717) is 12.2 Å². The van der Waals surface area contributed by atoms with Crippen molar-refractivity contribution in [2.45, 2.75) is 44.9 Å². The van der Waals surface area contributed by atoms with E-state index in [0.717, 1.165) is 42.3 Å². The summed E-state index contributed by atoms with van der Waals surface area (Å²) in [6, 6.07) is 11.1. The molecule has 2 rings (SSSR count). The molecule has 0 saturated heterocycles. The number of unbranched alkanes of at least 4 members (excludes halogenated alkanes) is 1. The second-order valence-corrected chi connectivity index (χ2v) is 8.74. The SMILES string of the molecule is CCCC/C(C)=N/NC(=O)C(CSCc1ccccc1)NC(=O)c1cc([N+](=O)[O-])cc([N+](=O)[O-])c1. The highest BCUT2D eigenvalue weighted by molar-refractivity contribution is 7.98. The van der Waals surface area contributed by atoms with Crippen molar-refractivity contribution in [2.24, 2.45) is 5.10 Å². The molecule has 11 nitrogen and oxygen atoms in total. The van der Waals surface area contributed by atoms with E-state index in [1.165, 1.54) is 11.8 Å². The molecule has 2 aromatic rings. The molecule has 0 heterocycles. The van der Waals surface area contributed by atoms with Gasteiger partial charge in [-0.25, -0.2) is 5.43 Å². The molecule has 1 unspecified atom stereocenters. The lowest BCUT2D eigenvalue weighted by atomic mass is 10.1. The van der Waals surface area contributed by atoms with Crippen LogP contribution in [0.3, 0.4) is 0 Å². The van der Waals surface area contributed by atoms with Crippen molar-refractivity contribution in [3.05, 3.63) is 79.9 Å². The van der Waals surface area contributed by atoms with Gasteiger partial charge in [0.05, 0.1) is 21.5 Å². The van der Waals surface area contributed by atoms with Crippen LogP contribution in [0.25, 0.3) is 0 Å². The Labute approximate surface area is 206 Å². The molecule has 35 heavy (non-hydrogen) atoms. The summed E-state index contributed by atoms with van der Waals surface area (Å²) in [7, 11) is 0. The van der Waals surface area contributed by atoms with E-state index in [-0.39, 0.29) is 11.3 Å². The second-order valence-electron chi connectivity index (χ2n) is 7.71. The van der Waals surface area contributed by atoms with Crippen LogP contribution in [-0.2, 0) is 10.5 Å². The normalized spacial score (nSPS) is 12.0. The molecular formula is C23H27N5O6S. The van der Waals surface area contributed by atoms with Crippen LogP contribution in [0.15, 0.2) is 53.6 Å². The molecule has 0 radical (unpaired) electrons. The van der Waals surface area contributed by atoms with E-state index in [1.54, 1.807) is 6.92 Å². The Bertz CT molecular complexity index is 1060. The molecule has 2 N–H and O–H groups in total. The number of amides is 2. The minimum Gasteiger partial charge on any atom is -0.339 e. The van der Waals surface area contributed by atoms with E-state index in [4.69, 9.17) is 0 Å². The van der Waals surface area contributed by atoms with Gasteiger partial charge in [0.1, 0.15) is 6.04 Å². The van der Waals surface area contributed by atoms with Gasteiger partial charge in [-0.3, -0.25) is 29.8 Å². The van der Waals surface area contributed by atoms with Crippen LogP contribution < -0.4 is 10.7 Å². The average Bonchev–Trinajstić information content (AvgIpc) is 2.85. The van der Waals surface area contributed by atoms with Gasteiger partial charge < -0.3 is 5.32 Å². The van der Waals surface area contributed by atoms with Gasteiger partial charge in [-0.15, -0.1) is 0 Å². The van der Waals surface area contributed by atoms with Crippen molar-refractivity contribution in [2.75, 3.05) is 5.75 Å². The molecule has 0 spiro atoms. The lowest BCUT2D eigenvalue weighted by Crippen LogP contribution is -2.47. The molecule has 0 aromatic heterocycles. The summed E-state index contributed by atoms with van der Waals surface area (Å²) >= 11 is 1.40. The lowest BCUT2D eigenvalue weighted by molar-refractivity contribution is -0.394. The number of nitro groups is 2. The number of hydrogen-bond donors (Lipinski definition) is 2. The lowest BCUT2D eigenvalue weighted by Gasteiger charge is -2.17. The zero-order valence-corrected chi connectivity index (χ0v) is 20.2. The summed E-state index contributed by atoms with van der Waals surface area (Å²) in [5.41, 5.74) is 2.74. The summed E-state index contributed by atoms with van der Waals surface area (Å²) in [6.45, 7) is 3.83. The van der Waals surface area contributed by atoms with Crippen molar-refractivity contribution in [3.63, 3.8) is 0 Å². The summed E-state index contributed by atoms with van der Waals surface area (Å²) < 4.78 is 0. The first kappa shape index (κ1) is 27.4. The van der Waals surface area contributed by atoms with E-state index < -0.39 is 39.1 Å². The van der Waals surface area contributed by atoms with Gasteiger partial charge in [0, 0.05) is 29.4 Å². The Hall–Kier alpha value is -3.80. The van der Waals surface area contributed by atoms with Crippen LogP contribution in [0.5, 0.6) is 0 Å². The number of non-ortho nitro benzene ring substituents is 2. The molecule has 0 saturated carbocycles. The molecule has 0 fully saturated rings. The van der Waals surface area contributed by atoms with Crippen LogP contribution in [-0.4, -0.2) is 39.2 Å². The quantitative estimate of drug-likeness (QED) is 0.236. The predicted molar refractivity (Wildman–Crippen MR) is 134 cm³/mol. The average molecular weight is 502 g/mol. The Kier molecular flexibility index (Phi) is 10.8. The highest BCUT2D eigenvalue weighted by Crippen LogP contribution is 2.23. The molecule has 2 aromatic carbocycles. The molecule has 1 atom stereocenters. The smallest absolute Gasteiger partial charge is 0.277 e. The Balaban J connectivity index is 2.19. The second kappa shape index (κ2) is 13.8. The number of hydrogen-bond acceptors (Lipinski definition) is 8. The van der Waals surface area contributed by atoms with E-state index in [9.17, 15) is 29.8 Å². The summed E-state index contributed by atoms with van der Waals surface area (Å²) in [5, 5.41) is 28.9. The van der Waals surface area contributed by atoms with Gasteiger partial charge in [0.15, 0.2) is 0 Å². The number of nitrogens with zero attached hydrogens (tertiary/aromatic N) is 3. The number of nitro benzene ring substituents is 2. The summed E-state index contributed by atoms with van der Waals surface area (Å²) in [5.74, 6) is -0.632. The largest absolute Gasteiger partial charge is 0.339 e. The zero-order chi connectivity index (χ0) is 25.8. The molecule has 0 aliphatic heterocycles. The fourth-order valence-corrected chi connectivity index (χ4v) is 3.96. The Morgan fingerprint density at radius 1 is 1.06 bits per heavy atom. The minimum atomic E-state index is -1.03. The monoisotopic (exact) mass is 501 g/mol. The van der Waals surface area contributed by atoms with Crippen LogP contribution in [0.1, 0.15) is 49.0 Å². The maximum Gasteiger partial charge on any atom is 0.277 e. The first-order chi connectivity index (χ1) is 16.7. The third-order valence-corrected chi connectivity index (χ3v) is 5.96. The summed E-state index contributed by atoms with van der Waals surface area (Å²) in [6.07, 6.45) is 2.61. The standard InChI is InChI=1S/C23H27N5O6S/c1-3-4-8-16(2)25-26-23(30)21(15-35-14-17-9-6-5-7-10-17)24-22(29)18-11-19(27(31)32)13-20(12-18)28(33)34/h5-7,9-13,21H,3-4,8,14-15H2,1-2H3,(H,24,29)(H,26,30)/b25-16+. The fraction of sp³-hybridized carbons (Fsp3) is 0.348. The summed E-state index contributed by atoms with van der Waals surface area (Å²) in [4.78, 5) is 46.3. The highest BCUT2D eigenvalue weighted by Gasteiger charge is 2.25. The van der Waals surface area contributed by atoms with E-state index in [2.05, 4.69) is 15.8 Å². The minimum absolute atomic E-state index is 0.188. The number of nitrogens with one attached hydrogen (secondary N) is 2. The van der Waals surface area contributed by atoms with Crippen molar-refractivity contribution < 1.29 is 19.4 Å². The van der Waals surface area contributed by atoms with Crippen LogP contribution in [0.2, 0.25) is 0 Å².